The van der Waals surface area contributed by atoms with Crippen LogP contribution < -0.4 is 5.32 Å². The third-order valence-electron chi connectivity index (χ3n) is 7.01. The van der Waals surface area contributed by atoms with E-state index in [9.17, 15) is 18.4 Å². The van der Waals surface area contributed by atoms with Crippen LogP contribution in [0.4, 0.5) is 13.6 Å². The quantitative estimate of drug-likeness (QED) is 0.346. The molecular formula is C33H41F2N5O3. The highest BCUT2D eigenvalue weighted by molar-refractivity contribution is 5.80. The Morgan fingerprint density at radius 3 is 2.47 bits per heavy atom. The van der Waals surface area contributed by atoms with Crippen LogP contribution in [0.1, 0.15) is 25.0 Å². The van der Waals surface area contributed by atoms with E-state index in [1.807, 2.05) is 56.4 Å². The standard InChI is InChI=1S/C26H33F2N5O3.C7H8/c1-6-7-22(36-5)11-8-18(2)13-29-26(35)33-24-16-31(15-20-9-10-21(27)12-23(20)28)25(34)17-32(24)19(3)14-30(33)4;1-7-5-3-2-4-6-7/h6-12,24H,3,13-17H2,1-2,4-5H3,(H,29,35);2-6H,1H3/b7-6-,18-8+,22-11+;. The van der Waals surface area contributed by atoms with E-state index in [0.29, 0.717) is 24.5 Å². The van der Waals surface area contributed by atoms with Gasteiger partial charge in [-0.05, 0) is 39.0 Å². The molecule has 2 saturated heterocycles. The summed E-state index contributed by atoms with van der Waals surface area (Å²) >= 11 is 0. The number of amides is 3. The van der Waals surface area contributed by atoms with Gasteiger partial charge in [0.1, 0.15) is 23.6 Å². The second-order valence-electron chi connectivity index (χ2n) is 10.4. The summed E-state index contributed by atoms with van der Waals surface area (Å²) in [5.74, 6) is -0.924. The number of carbonyl (C=O) groups excluding carboxylic acids is 2. The molecule has 0 aromatic heterocycles. The van der Waals surface area contributed by atoms with Gasteiger partial charge in [-0.3, -0.25) is 4.79 Å². The third-order valence-corrected chi connectivity index (χ3v) is 7.01. The molecular weight excluding hydrogens is 552 g/mol. The van der Waals surface area contributed by atoms with Crippen LogP contribution in [-0.2, 0) is 16.1 Å². The number of hydrogen-bond acceptors (Lipinski definition) is 5. The third kappa shape index (κ3) is 9.27. The number of nitrogens with one attached hydrogen (secondary N) is 1. The average Bonchev–Trinajstić information content (AvgIpc) is 2.97. The molecule has 1 N–H and O–H groups in total. The first-order valence-corrected chi connectivity index (χ1v) is 14.0. The molecule has 230 valence electrons. The van der Waals surface area contributed by atoms with E-state index in [-0.39, 0.29) is 37.1 Å². The zero-order chi connectivity index (χ0) is 31.5. The minimum absolute atomic E-state index is 0.0123. The number of urea groups is 1. The second kappa shape index (κ2) is 15.7. The normalized spacial score (nSPS) is 17.9. The van der Waals surface area contributed by atoms with Gasteiger partial charge in [-0.2, -0.15) is 0 Å². The number of benzene rings is 2. The lowest BCUT2D eigenvalue weighted by Crippen LogP contribution is -2.70. The van der Waals surface area contributed by atoms with Gasteiger partial charge in [0.25, 0.3) is 0 Å². The highest BCUT2D eigenvalue weighted by Gasteiger charge is 2.43. The van der Waals surface area contributed by atoms with Gasteiger partial charge in [-0.25, -0.2) is 23.6 Å². The van der Waals surface area contributed by atoms with Crippen LogP contribution in [0.2, 0.25) is 0 Å². The molecule has 3 amide bonds. The van der Waals surface area contributed by atoms with E-state index in [4.69, 9.17) is 4.74 Å². The number of piperazine rings is 1. The zero-order valence-corrected chi connectivity index (χ0v) is 25.5. The minimum atomic E-state index is -0.715. The maximum atomic E-state index is 14.2. The van der Waals surface area contributed by atoms with Gasteiger partial charge in [0.15, 0.2) is 0 Å². The van der Waals surface area contributed by atoms with Crippen molar-refractivity contribution in [1.82, 2.24) is 25.1 Å². The van der Waals surface area contributed by atoms with Crippen molar-refractivity contribution >= 4 is 11.9 Å². The van der Waals surface area contributed by atoms with E-state index in [0.717, 1.165) is 17.7 Å². The van der Waals surface area contributed by atoms with E-state index in [1.165, 1.54) is 16.5 Å². The molecule has 0 spiro atoms. The largest absolute Gasteiger partial charge is 0.497 e. The maximum Gasteiger partial charge on any atom is 0.334 e. The Hall–Kier alpha value is -4.44. The van der Waals surface area contributed by atoms with E-state index in [2.05, 4.69) is 31.0 Å². The Balaban J connectivity index is 0.000000633. The molecule has 0 saturated carbocycles. The number of hydrogen-bond donors (Lipinski definition) is 1. The second-order valence-corrected chi connectivity index (χ2v) is 10.4. The number of allylic oxidation sites excluding steroid dienone is 4. The number of carbonyl (C=O) groups is 2. The average molecular weight is 594 g/mol. The zero-order valence-electron chi connectivity index (χ0n) is 25.5. The van der Waals surface area contributed by atoms with Crippen molar-refractivity contribution in [3.63, 3.8) is 0 Å². The van der Waals surface area contributed by atoms with Crippen molar-refractivity contribution in [1.29, 1.82) is 0 Å². The van der Waals surface area contributed by atoms with Gasteiger partial charge >= 0.3 is 6.03 Å². The fourth-order valence-electron chi connectivity index (χ4n) is 4.71. The van der Waals surface area contributed by atoms with Crippen LogP contribution in [0, 0.1) is 18.6 Å². The lowest BCUT2D eigenvalue weighted by molar-refractivity contribution is -0.154. The molecule has 8 nitrogen and oxygen atoms in total. The van der Waals surface area contributed by atoms with Crippen molar-refractivity contribution in [2.24, 2.45) is 0 Å². The summed E-state index contributed by atoms with van der Waals surface area (Å²) in [5, 5.41) is 6.23. The van der Waals surface area contributed by atoms with Crippen LogP contribution >= 0.6 is 0 Å². The van der Waals surface area contributed by atoms with Crippen molar-refractivity contribution in [2.45, 2.75) is 33.5 Å². The molecule has 2 heterocycles. The topological polar surface area (TPSA) is 68.4 Å². The summed E-state index contributed by atoms with van der Waals surface area (Å²) < 4.78 is 32.8. The summed E-state index contributed by atoms with van der Waals surface area (Å²) in [5.41, 5.74) is 3.15. The number of likely N-dealkylation sites (N-methyl/N-ethyl adjacent to an activating group) is 1. The molecule has 1 atom stereocenters. The van der Waals surface area contributed by atoms with E-state index < -0.39 is 17.8 Å². The summed E-state index contributed by atoms with van der Waals surface area (Å²) in [6.45, 7) is 10.8. The monoisotopic (exact) mass is 593 g/mol. The molecule has 0 bridgehead atoms. The molecule has 0 radical (unpaired) electrons. The molecule has 2 aromatic carbocycles. The first kappa shape index (κ1) is 33.1. The Morgan fingerprint density at radius 2 is 1.86 bits per heavy atom. The van der Waals surface area contributed by atoms with E-state index in [1.54, 1.807) is 29.1 Å². The van der Waals surface area contributed by atoms with Gasteiger partial charge in [0.2, 0.25) is 5.91 Å². The molecule has 1 unspecified atom stereocenters. The SMILES string of the molecule is C=C1CN(C)N(C(=O)NC/C(C)=C/C=C(\C=C/C)OC)C2CN(Cc3ccc(F)cc3F)C(=O)CN12.Cc1ccccc1. The fourth-order valence-corrected chi connectivity index (χ4v) is 4.71. The van der Waals surface area contributed by atoms with Gasteiger partial charge < -0.3 is 19.9 Å². The number of fused-ring (bicyclic) bond motifs is 1. The number of ether oxygens (including phenoxy) is 1. The van der Waals surface area contributed by atoms with Crippen molar-refractivity contribution in [2.75, 3.05) is 40.3 Å². The Bertz CT molecular complexity index is 1380. The fraction of sp³-hybridized carbons (Fsp3) is 0.333. The van der Waals surface area contributed by atoms with Crippen LogP contribution in [0.25, 0.3) is 0 Å². The molecule has 43 heavy (non-hydrogen) atoms. The van der Waals surface area contributed by atoms with E-state index >= 15 is 0 Å². The number of aryl methyl sites for hydroxylation is 1. The number of hydrazine groups is 1. The lowest BCUT2D eigenvalue weighted by atomic mass is 10.1. The summed E-state index contributed by atoms with van der Waals surface area (Å²) in [6, 6.07) is 13.2. The summed E-state index contributed by atoms with van der Waals surface area (Å²) in [6.07, 6.45) is 6.87. The van der Waals surface area contributed by atoms with Crippen molar-refractivity contribution in [3.05, 3.63) is 119 Å². The highest BCUT2D eigenvalue weighted by Crippen LogP contribution is 2.27. The molecule has 4 rings (SSSR count). The number of halogens is 2. The smallest absolute Gasteiger partial charge is 0.334 e. The first-order chi connectivity index (χ1) is 20.5. The molecule has 2 aliphatic heterocycles. The van der Waals surface area contributed by atoms with Crippen LogP contribution in [0.3, 0.4) is 0 Å². The number of methoxy groups -OCH3 is 1. The van der Waals surface area contributed by atoms with Crippen LogP contribution in [-0.4, -0.2) is 78.3 Å². The predicted molar refractivity (Wildman–Crippen MR) is 164 cm³/mol. The molecule has 2 aromatic rings. The molecule has 10 heteroatoms. The molecule has 0 aliphatic carbocycles. The Labute approximate surface area is 253 Å². The Kier molecular flexibility index (Phi) is 12.1. The van der Waals surface area contributed by atoms with Crippen molar-refractivity contribution < 1.29 is 23.1 Å². The molecule has 2 aliphatic rings. The summed E-state index contributed by atoms with van der Waals surface area (Å²) in [4.78, 5) is 29.4. The lowest BCUT2D eigenvalue weighted by Gasteiger charge is -2.53. The summed E-state index contributed by atoms with van der Waals surface area (Å²) in [7, 11) is 3.36. The van der Waals surface area contributed by atoms with Gasteiger partial charge in [-0.1, -0.05) is 66.3 Å². The van der Waals surface area contributed by atoms with Gasteiger partial charge in [0.05, 0.1) is 26.7 Å². The van der Waals surface area contributed by atoms with Crippen LogP contribution in [0.5, 0.6) is 0 Å². The molecule has 2 fully saturated rings. The van der Waals surface area contributed by atoms with Gasteiger partial charge in [-0.15, -0.1) is 0 Å². The number of nitrogens with zero attached hydrogens (tertiary/aromatic N) is 4. The van der Waals surface area contributed by atoms with Crippen LogP contribution in [0.15, 0.2) is 96.4 Å². The van der Waals surface area contributed by atoms with Gasteiger partial charge in [0, 0.05) is 37.5 Å². The predicted octanol–water partition coefficient (Wildman–Crippen LogP) is 5.37. The first-order valence-electron chi connectivity index (χ1n) is 14.0. The number of rotatable bonds is 7. The maximum absolute atomic E-state index is 14.2. The Morgan fingerprint density at radius 1 is 1.14 bits per heavy atom. The highest BCUT2D eigenvalue weighted by atomic mass is 19.1. The van der Waals surface area contributed by atoms with Crippen molar-refractivity contribution in [3.8, 4) is 0 Å². The minimum Gasteiger partial charge on any atom is -0.497 e.